The predicted molar refractivity (Wildman–Crippen MR) is 46.2 cm³/mol. The Morgan fingerprint density at radius 1 is 1.82 bits per heavy atom. The van der Waals surface area contributed by atoms with Crippen LogP contribution in [0.3, 0.4) is 0 Å². The Labute approximate surface area is 74.2 Å². The molecule has 62 valence electrons. The van der Waals surface area contributed by atoms with Gasteiger partial charge in [-0.05, 0) is 27.9 Å². The Kier molecular flexibility index (Phi) is 3.08. The molecule has 0 aliphatic rings. The Bertz CT molecular complexity index is 224. The number of halogens is 1. The fourth-order valence-corrected chi connectivity index (χ4v) is 1.14. The highest BCUT2D eigenvalue weighted by Crippen LogP contribution is 2.05. The third-order valence-electron chi connectivity index (χ3n) is 1.42. The number of nitrogens with zero attached hydrogens (tertiary/aromatic N) is 2. The van der Waals surface area contributed by atoms with Crippen LogP contribution in [0.5, 0.6) is 0 Å². The second kappa shape index (κ2) is 3.88. The first-order valence-electron chi connectivity index (χ1n) is 3.52. The van der Waals surface area contributed by atoms with E-state index < -0.39 is 0 Å². The maximum Gasteiger partial charge on any atom is 0.128 e. The van der Waals surface area contributed by atoms with Gasteiger partial charge in [-0.15, -0.1) is 0 Å². The van der Waals surface area contributed by atoms with E-state index in [9.17, 15) is 0 Å². The van der Waals surface area contributed by atoms with E-state index in [1.165, 1.54) is 0 Å². The van der Waals surface area contributed by atoms with E-state index >= 15 is 0 Å². The van der Waals surface area contributed by atoms with Crippen LogP contribution < -0.4 is 0 Å². The number of rotatable bonds is 3. The zero-order valence-electron chi connectivity index (χ0n) is 6.37. The van der Waals surface area contributed by atoms with Crippen LogP contribution in [0.1, 0.15) is 6.92 Å². The smallest absolute Gasteiger partial charge is 0.128 e. The molecule has 1 rings (SSSR count). The molecule has 0 aliphatic carbocycles. The fraction of sp³-hybridized carbons (Fsp3) is 0.571. The summed E-state index contributed by atoms with van der Waals surface area (Å²) in [6.07, 6.45) is 1.89. The molecule has 0 spiro atoms. The van der Waals surface area contributed by atoms with E-state index in [4.69, 9.17) is 5.11 Å². The zero-order valence-corrected chi connectivity index (χ0v) is 7.95. The van der Waals surface area contributed by atoms with Crippen molar-refractivity contribution in [1.82, 2.24) is 9.78 Å². The van der Waals surface area contributed by atoms with Gasteiger partial charge in [0, 0.05) is 19.3 Å². The Morgan fingerprint density at radius 2 is 2.55 bits per heavy atom. The monoisotopic (exact) mass is 218 g/mol. The summed E-state index contributed by atoms with van der Waals surface area (Å²) >= 11 is 3.25. The molecule has 1 aromatic heterocycles. The number of aliphatic hydroxyl groups excluding tert-OH is 1. The number of aliphatic hydroxyl groups is 1. The highest BCUT2D eigenvalue weighted by molar-refractivity contribution is 9.10. The summed E-state index contributed by atoms with van der Waals surface area (Å²) in [5, 5.41) is 12.9. The van der Waals surface area contributed by atoms with Gasteiger partial charge in [0.05, 0.1) is 0 Å². The van der Waals surface area contributed by atoms with Crippen LogP contribution in [0.4, 0.5) is 0 Å². The summed E-state index contributed by atoms with van der Waals surface area (Å²) in [7, 11) is 0. The van der Waals surface area contributed by atoms with Gasteiger partial charge in [0.15, 0.2) is 0 Å². The molecule has 0 saturated heterocycles. The van der Waals surface area contributed by atoms with Crippen LogP contribution in [0.2, 0.25) is 0 Å². The molecule has 0 aliphatic heterocycles. The van der Waals surface area contributed by atoms with Crippen molar-refractivity contribution < 1.29 is 5.11 Å². The van der Waals surface area contributed by atoms with Crippen molar-refractivity contribution >= 4 is 15.9 Å². The van der Waals surface area contributed by atoms with Crippen molar-refractivity contribution in [3.63, 3.8) is 0 Å². The van der Waals surface area contributed by atoms with E-state index in [2.05, 4.69) is 21.0 Å². The average molecular weight is 219 g/mol. The van der Waals surface area contributed by atoms with Gasteiger partial charge in [-0.3, -0.25) is 4.68 Å². The van der Waals surface area contributed by atoms with Gasteiger partial charge in [-0.25, -0.2) is 0 Å². The molecule has 1 N–H and O–H groups in total. The van der Waals surface area contributed by atoms with E-state index in [-0.39, 0.29) is 12.5 Å². The lowest BCUT2D eigenvalue weighted by Crippen LogP contribution is -2.11. The van der Waals surface area contributed by atoms with Crippen LogP contribution in [0.25, 0.3) is 0 Å². The van der Waals surface area contributed by atoms with E-state index in [1.54, 1.807) is 0 Å². The molecule has 0 fully saturated rings. The highest BCUT2D eigenvalue weighted by Gasteiger charge is 2.01. The molecule has 0 bridgehead atoms. The van der Waals surface area contributed by atoms with Gasteiger partial charge in [-0.1, -0.05) is 6.92 Å². The molecular formula is C7H11BrN2O. The van der Waals surface area contributed by atoms with Crippen LogP contribution in [0.15, 0.2) is 16.9 Å². The molecule has 0 radical (unpaired) electrons. The summed E-state index contributed by atoms with van der Waals surface area (Å²) in [5.41, 5.74) is 0. The van der Waals surface area contributed by atoms with Crippen molar-refractivity contribution in [2.24, 2.45) is 5.92 Å². The molecule has 1 unspecified atom stereocenters. The summed E-state index contributed by atoms with van der Waals surface area (Å²) in [5.74, 6) is 0.266. The van der Waals surface area contributed by atoms with Crippen molar-refractivity contribution in [2.75, 3.05) is 6.61 Å². The summed E-state index contributed by atoms with van der Waals surface area (Å²) < 4.78 is 2.65. The van der Waals surface area contributed by atoms with Crippen molar-refractivity contribution in [1.29, 1.82) is 0 Å². The average Bonchev–Trinajstić information content (AvgIpc) is 2.35. The molecule has 0 amide bonds. The largest absolute Gasteiger partial charge is 0.396 e. The standard InChI is InChI=1S/C7H11BrN2O/c1-6(5-11)4-10-3-2-7(8)9-10/h2-3,6,11H,4-5H2,1H3. The van der Waals surface area contributed by atoms with Crippen molar-refractivity contribution in [3.8, 4) is 0 Å². The third kappa shape index (κ3) is 2.63. The van der Waals surface area contributed by atoms with Crippen molar-refractivity contribution in [3.05, 3.63) is 16.9 Å². The van der Waals surface area contributed by atoms with Gasteiger partial charge in [0.1, 0.15) is 4.60 Å². The third-order valence-corrected chi connectivity index (χ3v) is 1.84. The van der Waals surface area contributed by atoms with Crippen molar-refractivity contribution in [2.45, 2.75) is 13.5 Å². The Morgan fingerprint density at radius 3 is 3.00 bits per heavy atom. The molecule has 1 atom stereocenters. The first-order chi connectivity index (χ1) is 5.22. The lowest BCUT2D eigenvalue weighted by molar-refractivity contribution is 0.219. The zero-order chi connectivity index (χ0) is 8.27. The molecule has 1 aromatic rings. The Balaban J connectivity index is 2.50. The van der Waals surface area contributed by atoms with Gasteiger partial charge < -0.3 is 5.11 Å². The minimum atomic E-state index is 0.206. The van der Waals surface area contributed by atoms with E-state index in [1.807, 2.05) is 23.9 Å². The number of hydrogen-bond donors (Lipinski definition) is 1. The lowest BCUT2D eigenvalue weighted by atomic mass is 10.2. The molecule has 1 heterocycles. The molecule has 4 heteroatoms. The maximum absolute atomic E-state index is 8.75. The molecule has 11 heavy (non-hydrogen) atoms. The molecule has 3 nitrogen and oxygen atoms in total. The second-order valence-corrected chi connectivity index (χ2v) is 3.46. The summed E-state index contributed by atoms with van der Waals surface area (Å²) in [4.78, 5) is 0. The van der Waals surface area contributed by atoms with Crippen LogP contribution in [-0.4, -0.2) is 21.5 Å². The normalized spacial score (nSPS) is 13.4. The van der Waals surface area contributed by atoms with Gasteiger partial charge in [-0.2, -0.15) is 5.10 Å². The minimum Gasteiger partial charge on any atom is -0.396 e. The quantitative estimate of drug-likeness (QED) is 0.831. The van der Waals surface area contributed by atoms with E-state index in [0.717, 1.165) is 11.1 Å². The number of aromatic nitrogens is 2. The maximum atomic E-state index is 8.75. The first kappa shape index (κ1) is 8.74. The second-order valence-electron chi connectivity index (χ2n) is 2.65. The first-order valence-corrected chi connectivity index (χ1v) is 4.31. The minimum absolute atomic E-state index is 0.206. The van der Waals surface area contributed by atoms with Crippen LogP contribution in [0, 0.1) is 5.92 Å². The topological polar surface area (TPSA) is 38.0 Å². The molecular weight excluding hydrogens is 208 g/mol. The fourth-order valence-electron chi connectivity index (χ4n) is 0.816. The predicted octanol–water partition coefficient (Wildman–Crippen LogP) is 1.27. The lowest BCUT2D eigenvalue weighted by Gasteiger charge is -2.06. The van der Waals surface area contributed by atoms with Gasteiger partial charge >= 0.3 is 0 Å². The molecule has 0 aromatic carbocycles. The van der Waals surface area contributed by atoms with Gasteiger partial charge in [0.2, 0.25) is 0 Å². The van der Waals surface area contributed by atoms with E-state index in [0.29, 0.717) is 0 Å². The summed E-state index contributed by atoms with van der Waals surface area (Å²) in [6, 6.07) is 1.88. The highest BCUT2D eigenvalue weighted by atomic mass is 79.9. The summed E-state index contributed by atoms with van der Waals surface area (Å²) in [6.45, 7) is 2.95. The van der Waals surface area contributed by atoms with Crippen LogP contribution in [-0.2, 0) is 6.54 Å². The van der Waals surface area contributed by atoms with Crippen LogP contribution >= 0.6 is 15.9 Å². The SMILES string of the molecule is CC(CO)Cn1ccc(Br)n1. The molecule has 0 saturated carbocycles. The Hall–Kier alpha value is -0.350. The van der Waals surface area contributed by atoms with Gasteiger partial charge in [0.25, 0.3) is 0 Å². The number of hydrogen-bond acceptors (Lipinski definition) is 2.